The molecule has 0 aromatic rings. The second-order valence-corrected chi connectivity index (χ2v) is 1.36. The number of aliphatic hydroxyl groups excluding tert-OH is 1. The molecule has 0 aromatic carbocycles. The molecule has 0 aliphatic rings. The maximum atomic E-state index is 7.96. The standard InChI is InChI=1S/C6H11NO2/c1-2-9-6-4-7-3-5-8/h7-8H,2,4,6H2,1H3. The van der Waals surface area contributed by atoms with Crippen LogP contribution in [0.1, 0.15) is 6.92 Å². The zero-order chi connectivity index (χ0) is 6.95. The number of rotatable bonds is 4. The predicted octanol–water partition coefficient (Wildman–Crippen LogP) is -0.0966. The normalized spacial score (nSPS) is 7.67. The lowest BCUT2D eigenvalue weighted by Crippen LogP contribution is -2.13. The molecule has 0 fully saturated rings. The molecule has 0 heterocycles. The van der Waals surface area contributed by atoms with Crippen LogP contribution in [-0.2, 0) is 4.74 Å². The van der Waals surface area contributed by atoms with Crippen molar-refractivity contribution in [2.75, 3.05) is 19.8 Å². The van der Waals surface area contributed by atoms with E-state index in [-0.39, 0.29) is 0 Å². The van der Waals surface area contributed by atoms with E-state index in [9.17, 15) is 0 Å². The summed E-state index contributed by atoms with van der Waals surface area (Å²) in [4.78, 5) is 0. The summed E-state index contributed by atoms with van der Waals surface area (Å²) in [6.45, 7) is 3.93. The van der Waals surface area contributed by atoms with Crippen molar-refractivity contribution < 1.29 is 9.84 Å². The van der Waals surface area contributed by atoms with Crippen LogP contribution in [0, 0.1) is 12.2 Å². The highest BCUT2D eigenvalue weighted by molar-refractivity contribution is 4.85. The first-order valence-electron chi connectivity index (χ1n) is 2.86. The van der Waals surface area contributed by atoms with E-state index in [0.29, 0.717) is 19.8 Å². The van der Waals surface area contributed by atoms with Gasteiger partial charge in [0.05, 0.1) is 6.61 Å². The number of hydrogen-bond donors (Lipinski definition) is 2. The van der Waals surface area contributed by atoms with Gasteiger partial charge >= 0.3 is 0 Å². The largest absolute Gasteiger partial charge is 0.461 e. The molecule has 0 atom stereocenters. The summed E-state index contributed by atoms with van der Waals surface area (Å²) < 4.78 is 4.97. The lowest BCUT2D eigenvalue weighted by atomic mass is 10.7. The van der Waals surface area contributed by atoms with Gasteiger partial charge in [-0.15, -0.1) is 0 Å². The molecule has 3 heteroatoms. The van der Waals surface area contributed by atoms with Crippen LogP contribution in [0.4, 0.5) is 0 Å². The number of aliphatic hydroxyl groups is 1. The minimum absolute atomic E-state index is 0.630. The van der Waals surface area contributed by atoms with Crippen LogP contribution in [0.3, 0.4) is 0 Å². The molecule has 0 aliphatic heterocycles. The quantitative estimate of drug-likeness (QED) is 0.316. The van der Waals surface area contributed by atoms with Crippen molar-refractivity contribution in [2.45, 2.75) is 6.92 Å². The number of hydrogen-bond acceptors (Lipinski definition) is 3. The third kappa shape index (κ3) is 7.12. The van der Waals surface area contributed by atoms with Crippen LogP contribution < -0.4 is 5.32 Å². The van der Waals surface area contributed by atoms with Crippen LogP contribution in [0.2, 0.25) is 0 Å². The van der Waals surface area contributed by atoms with Crippen molar-refractivity contribution in [1.29, 1.82) is 0 Å². The molecule has 0 radical (unpaired) electrons. The van der Waals surface area contributed by atoms with E-state index in [1.807, 2.05) is 6.92 Å². The van der Waals surface area contributed by atoms with Gasteiger partial charge in [-0.05, 0) is 6.92 Å². The maximum absolute atomic E-state index is 7.96. The van der Waals surface area contributed by atoms with E-state index >= 15 is 0 Å². The molecule has 3 nitrogen and oxygen atoms in total. The van der Waals surface area contributed by atoms with Crippen molar-refractivity contribution in [3.05, 3.63) is 0 Å². The van der Waals surface area contributed by atoms with Crippen LogP contribution in [0.5, 0.6) is 0 Å². The minimum Gasteiger partial charge on any atom is -0.461 e. The molecule has 52 valence electrons. The summed E-state index contributed by atoms with van der Waals surface area (Å²) in [5.41, 5.74) is 0. The molecular weight excluding hydrogens is 118 g/mol. The first-order valence-corrected chi connectivity index (χ1v) is 2.86. The van der Waals surface area contributed by atoms with Crippen LogP contribution in [-0.4, -0.2) is 24.9 Å². The SMILES string of the molecule is CCOCCNC#CO. The van der Waals surface area contributed by atoms with Crippen LogP contribution in [0.15, 0.2) is 0 Å². The summed E-state index contributed by atoms with van der Waals surface area (Å²) in [6, 6.07) is 2.28. The average molecular weight is 129 g/mol. The van der Waals surface area contributed by atoms with Gasteiger partial charge in [-0.2, -0.15) is 0 Å². The summed E-state index contributed by atoms with van der Waals surface area (Å²) in [5, 5.41) is 10.6. The van der Waals surface area contributed by atoms with Crippen LogP contribution >= 0.6 is 0 Å². The summed E-state index contributed by atoms with van der Waals surface area (Å²) in [7, 11) is 0. The minimum atomic E-state index is 0.630. The average Bonchev–Trinajstić information content (AvgIpc) is 1.89. The molecule has 0 saturated carbocycles. The Morgan fingerprint density at radius 1 is 1.67 bits per heavy atom. The van der Waals surface area contributed by atoms with Crippen molar-refractivity contribution in [2.24, 2.45) is 0 Å². The highest BCUT2D eigenvalue weighted by Gasteiger charge is 1.79. The molecule has 0 amide bonds. The van der Waals surface area contributed by atoms with E-state index in [0.717, 1.165) is 0 Å². The molecule has 0 rings (SSSR count). The van der Waals surface area contributed by atoms with Gasteiger partial charge in [-0.25, -0.2) is 0 Å². The van der Waals surface area contributed by atoms with E-state index in [4.69, 9.17) is 9.84 Å². The third-order valence-corrected chi connectivity index (χ3v) is 0.720. The second kappa shape index (κ2) is 7.12. The molecule has 0 bridgehead atoms. The fraction of sp³-hybridized carbons (Fsp3) is 0.667. The topological polar surface area (TPSA) is 41.5 Å². The lowest BCUT2D eigenvalue weighted by Gasteiger charge is -1.96. The second-order valence-electron chi connectivity index (χ2n) is 1.36. The van der Waals surface area contributed by atoms with Gasteiger partial charge in [0, 0.05) is 19.2 Å². The Morgan fingerprint density at radius 2 is 2.44 bits per heavy atom. The highest BCUT2D eigenvalue weighted by atomic mass is 16.5. The van der Waals surface area contributed by atoms with Crippen molar-refractivity contribution in [3.8, 4) is 12.2 Å². The van der Waals surface area contributed by atoms with E-state index in [1.54, 1.807) is 6.11 Å². The van der Waals surface area contributed by atoms with Gasteiger partial charge in [-0.3, -0.25) is 0 Å². The monoisotopic (exact) mass is 129 g/mol. The van der Waals surface area contributed by atoms with E-state index < -0.39 is 0 Å². The van der Waals surface area contributed by atoms with Crippen LogP contribution in [0.25, 0.3) is 0 Å². The smallest absolute Gasteiger partial charge is 0.131 e. The molecule has 0 spiro atoms. The highest BCUT2D eigenvalue weighted by Crippen LogP contribution is 1.67. The molecule has 2 N–H and O–H groups in total. The Hall–Kier alpha value is -0.880. The molecule has 0 unspecified atom stereocenters. The van der Waals surface area contributed by atoms with Gasteiger partial charge in [0.1, 0.15) is 6.11 Å². The number of ether oxygens (including phenoxy) is 1. The first-order chi connectivity index (χ1) is 4.41. The zero-order valence-electron chi connectivity index (χ0n) is 5.48. The Balaban J connectivity index is 2.80. The Kier molecular flexibility index (Phi) is 6.42. The number of nitrogens with one attached hydrogen (secondary N) is 1. The predicted molar refractivity (Wildman–Crippen MR) is 34.2 cm³/mol. The van der Waals surface area contributed by atoms with Gasteiger partial charge in [0.25, 0.3) is 0 Å². The Labute approximate surface area is 55.0 Å². The van der Waals surface area contributed by atoms with Crippen molar-refractivity contribution >= 4 is 0 Å². The fourth-order valence-corrected chi connectivity index (χ4v) is 0.370. The maximum Gasteiger partial charge on any atom is 0.131 e. The van der Waals surface area contributed by atoms with Gasteiger partial charge < -0.3 is 15.2 Å². The molecule has 0 saturated heterocycles. The summed E-state index contributed by atoms with van der Waals surface area (Å²) in [6.07, 6.45) is 1.73. The van der Waals surface area contributed by atoms with Crippen molar-refractivity contribution in [3.63, 3.8) is 0 Å². The lowest BCUT2D eigenvalue weighted by molar-refractivity contribution is 0.152. The molecule has 0 aliphatic carbocycles. The summed E-state index contributed by atoms with van der Waals surface area (Å²) in [5.74, 6) is 0. The van der Waals surface area contributed by atoms with E-state index in [2.05, 4.69) is 11.4 Å². The Morgan fingerprint density at radius 3 is 3.00 bits per heavy atom. The first kappa shape index (κ1) is 8.12. The molecule has 9 heavy (non-hydrogen) atoms. The van der Waals surface area contributed by atoms with Gasteiger partial charge in [0.15, 0.2) is 0 Å². The Bertz CT molecular complexity index is 103. The molecule has 0 aromatic heterocycles. The fourth-order valence-electron chi connectivity index (χ4n) is 0.370. The van der Waals surface area contributed by atoms with Gasteiger partial charge in [0.2, 0.25) is 0 Å². The van der Waals surface area contributed by atoms with Gasteiger partial charge in [-0.1, -0.05) is 0 Å². The van der Waals surface area contributed by atoms with Crippen molar-refractivity contribution in [1.82, 2.24) is 5.32 Å². The molecular formula is C6H11NO2. The van der Waals surface area contributed by atoms with E-state index in [1.165, 1.54) is 0 Å². The zero-order valence-corrected chi connectivity index (χ0v) is 5.48. The summed E-state index contributed by atoms with van der Waals surface area (Å²) >= 11 is 0. The third-order valence-electron chi connectivity index (χ3n) is 0.720.